The van der Waals surface area contributed by atoms with Crippen LogP contribution in [0.3, 0.4) is 0 Å². The van der Waals surface area contributed by atoms with E-state index in [0.717, 1.165) is 23.7 Å². The highest BCUT2D eigenvalue weighted by atomic mass is 32.2. The largest absolute Gasteiger partial charge is 0.377 e. The van der Waals surface area contributed by atoms with Gasteiger partial charge in [-0.3, -0.25) is 0 Å². The van der Waals surface area contributed by atoms with E-state index in [1.165, 1.54) is 0 Å². The molecule has 18 heavy (non-hydrogen) atoms. The summed E-state index contributed by atoms with van der Waals surface area (Å²) < 4.78 is 29.9. The Morgan fingerprint density at radius 1 is 1.33 bits per heavy atom. The number of ether oxygens (including phenoxy) is 1. The fourth-order valence-corrected chi connectivity index (χ4v) is 4.01. The molecule has 1 aromatic heterocycles. The minimum Gasteiger partial charge on any atom is -0.377 e. The van der Waals surface area contributed by atoms with Gasteiger partial charge in [-0.05, 0) is 25.0 Å². The first-order valence-corrected chi connectivity index (χ1v) is 7.56. The number of fused-ring (bicyclic) bond motifs is 1. The molecule has 2 aromatic rings. The molecule has 0 aliphatic heterocycles. The second-order valence-electron chi connectivity index (χ2n) is 4.87. The third kappa shape index (κ3) is 1.93. The Morgan fingerprint density at radius 2 is 2.06 bits per heavy atom. The molecule has 1 aliphatic carbocycles. The van der Waals surface area contributed by atoms with Crippen LogP contribution in [0.15, 0.2) is 35.4 Å². The van der Waals surface area contributed by atoms with E-state index in [2.05, 4.69) is 4.98 Å². The predicted molar refractivity (Wildman–Crippen MR) is 69.3 cm³/mol. The molecular weight excluding hydrogens is 250 g/mol. The van der Waals surface area contributed by atoms with Gasteiger partial charge in [0.2, 0.25) is 0 Å². The maximum atomic E-state index is 12.3. The standard InChI is InChI=1S/C13H15NO3S/c1-17-13(6-7-13)9-18(15,16)12-8-10-4-2-3-5-11(10)14-12/h2-5,8,14H,6-7,9H2,1H3. The zero-order chi connectivity index (χ0) is 12.8. The summed E-state index contributed by atoms with van der Waals surface area (Å²) >= 11 is 0. The molecule has 1 heterocycles. The quantitative estimate of drug-likeness (QED) is 0.921. The molecule has 1 N–H and O–H groups in total. The summed E-state index contributed by atoms with van der Waals surface area (Å²) in [7, 11) is -1.73. The van der Waals surface area contributed by atoms with Gasteiger partial charge in [-0.25, -0.2) is 8.42 Å². The van der Waals surface area contributed by atoms with Crippen molar-refractivity contribution >= 4 is 20.7 Å². The first-order valence-electron chi connectivity index (χ1n) is 5.90. The molecule has 0 unspecified atom stereocenters. The summed E-state index contributed by atoms with van der Waals surface area (Å²) in [5, 5.41) is 1.20. The van der Waals surface area contributed by atoms with E-state index in [1.807, 2.05) is 24.3 Å². The van der Waals surface area contributed by atoms with Gasteiger partial charge >= 0.3 is 0 Å². The van der Waals surface area contributed by atoms with Crippen molar-refractivity contribution in [1.82, 2.24) is 4.98 Å². The highest BCUT2D eigenvalue weighted by Gasteiger charge is 2.47. The van der Waals surface area contributed by atoms with E-state index in [0.29, 0.717) is 0 Å². The lowest BCUT2D eigenvalue weighted by Crippen LogP contribution is -2.24. The number of benzene rings is 1. The number of rotatable bonds is 4. The van der Waals surface area contributed by atoms with Crippen molar-refractivity contribution in [3.63, 3.8) is 0 Å². The van der Waals surface area contributed by atoms with E-state index < -0.39 is 15.4 Å². The normalized spacial score (nSPS) is 18.1. The zero-order valence-corrected chi connectivity index (χ0v) is 11.0. The molecular formula is C13H15NO3S. The molecule has 96 valence electrons. The van der Waals surface area contributed by atoms with E-state index in [-0.39, 0.29) is 10.8 Å². The van der Waals surface area contributed by atoms with Crippen molar-refractivity contribution in [3.8, 4) is 0 Å². The Morgan fingerprint density at radius 3 is 2.67 bits per heavy atom. The van der Waals surface area contributed by atoms with Gasteiger partial charge < -0.3 is 9.72 Å². The molecule has 0 atom stereocenters. The maximum Gasteiger partial charge on any atom is 0.196 e. The van der Waals surface area contributed by atoms with Crippen LogP contribution in [-0.2, 0) is 14.6 Å². The number of H-pyrrole nitrogens is 1. The van der Waals surface area contributed by atoms with Crippen LogP contribution in [0.4, 0.5) is 0 Å². The van der Waals surface area contributed by atoms with Gasteiger partial charge in [0.25, 0.3) is 0 Å². The van der Waals surface area contributed by atoms with Crippen molar-refractivity contribution in [2.75, 3.05) is 12.9 Å². The lowest BCUT2D eigenvalue weighted by molar-refractivity contribution is 0.0993. The summed E-state index contributed by atoms with van der Waals surface area (Å²) in [5.41, 5.74) is 0.397. The lowest BCUT2D eigenvalue weighted by atomic mass is 10.3. The SMILES string of the molecule is COC1(CS(=O)(=O)c2cc3ccccc3[nH]2)CC1. The van der Waals surface area contributed by atoms with E-state index in [9.17, 15) is 8.42 Å². The van der Waals surface area contributed by atoms with Crippen molar-refractivity contribution in [2.24, 2.45) is 0 Å². The predicted octanol–water partition coefficient (Wildman–Crippen LogP) is 2.12. The van der Waals surface area contributed by atoms with Gasteiger partial charge in [-0.2, -0.15) is 0 Å². The van der Waals surface area contributed by atoms with Gasteiger partial charge in [-0.15, -0.1) is 0 Å². The number of aromatic amines is 1. The summed E-state index contributed by atoms with van der Waals surface area (Å²) in [6, 6.07) is 9.24. The number of aromatic nitrogens is 1. The summed E-state index contributed by atoms with van der Waals surface area (Å²) in [6.45, 7) is 0. The Labute approximate surface area is 106 Å². The van der Waals surface area contributed by atoms with Gasteiger partial charge in [-0.1, -0.05) is 18.2 Å². The van der Waals surface area contributed by atoms with Crippen molar-refractivity contribution in [2.45, 2.75) is 23.5 Å². The summed E-state index contributed by atoms with van der Waals surface area (Å²) in [4.78, 5) is 2.97. The molecule has 1 fully saturated rings. The highest BCUT2D eigenvalue weighted by molar-refractivity contribution is 7.91. The molecule has 0 spiro atoms. The molecule has 0 saturated heterocycles. The number of hydrogen-bond acceptors (Lipinski definition) is 3. The third-order valence-corrected chi connectivity index (χ3v) is 5.33. The minimum absolute atomic E-state index is 0.0589. The molecule has 3 rings (SSSR count). The van der Waals surface area contributed by atoms with Crippen molar-refractivity contribution in [1.29, 1.82) is 0 Å². The Bertz CT molecular complexity index is 650. The fourth-order valence-electron chi connectivity index (χ4n) is 2.19. The number of methoxy groups -OCH3 is 1. The van der Waals surface area contributed by atoms with Gasteiger partial charge in [0.05, 0.1) is 11.4 Å². The number of hydrogen-bond donors (Lipinski definition) is 1. The van der Waals surface area contributed by atoms with Gasteiger partial charge in [0.1, 0.15) is 5.03 Å². The third-order valence-electron chi connectivity index (χ3n) is 3.53. The monoisotopic (exact) mass is 265 g/mol. The molecule has 4 nitrogen and oxygen atoms in total. The van der Waals surface area contributed by atoms with Crippen LogP contribution < -0.4 is 0 Å². The molecule has 1 saturated carbocycles. The molecule has 0 bridgehead atoms. The second-order valence-corrected chi connectivity index (χ2v) is 6.83. The first kappa shape index (κ1) is 11.7. The molecule has 0 amide bonds. The molecule has 0 radical (unpaired) electrons. The van der Waals surface area contributed by atoms with Crippen LogP contribution in [0.2, 0.25) is 0 Å². The number of nitrogens with one attached hydrogen (secondary N) is 1. The van der Waals surface area contributed by atoms with Crippen LogP contribution in [0.5, 0.6) is 0 Å². The first-order chi connectivity index (χ1) is 8.55. The Hall–Kier alpha value is -1.33. The topological polar surface area (TPSA) is 59.2 Å². The summed E-state index contributed by atoms with van der Waals surface area (Å²) in [5.74, 6) is 0.0589. The van der Waals surface area contributed by atoms with Crippen molar-refractivity contribution in [3.05, 3.63) is 30.3 Å². The zero-order valence-electron chi connectivity index (χ0n) is 10.1. The van der Waals surface area contributed by atoms with Crippen LogP contribution in [0.1, 0.15) is 12.8 Å². The second kappa shape index (κ2) is 3.83. The average molecular weight is 265 g/mol. The smallest absolute Gasteiger partial charge is 0.196 e. The molecule has 1 aliphatic rings. The van der Waals surface area contributed by atoms with E-state index in [1.54, 1.807) is 13.2 Å². The van der Waals surface area contributed by atoms with E-state index >= 15 is 0 Å². The van der Waals surface area contributed by atoms with Crippen LogP contribution >= 0.6 is 0 Å². The van der Waals surface area contributed by atoms with Crippen LogP contribution in [0, 0.1) is 0 Å². The van der Waals surface area contributed by atoms with Crippen LogP contribution in [0.25, 0.3) is 10.9 Å². The number of sulfone groups is 1. The fraction of sp³-hybridized carbons (Fsp3) is 0.385. The Balaban J connectivity index is 1.98. The molecule has 1 aromatic carbocycles. The maximum absolute atomic E-state index is 12.3. The minimum atomic E-state index is -3.31. The average Bonchev–Trinajstić information content (AvgIpc) is 2.96. The number of para-hydroxylation sites is 1. The van der Waals surface area contributed by atoms with Gasteiger partial charge in [0, 0.05) is 18.0 Å². The van der Waals surface area contributed by atoms with Gasteiger partial charge in [0.15, 0.2) is 9.84 Å². The molecule has 5 heteroatoms. The van der Waals surface area contributed by atoms with Crippen molar-refractivity contribution < 1.29 is 13.2 Å². The Kier molecular flexibility index (Phi) is 2.50. The summed E-state index contributed by atoms with van der Waals surface area (Å²) in [6.07, 6.45) is 1.64. The van der Waals surface area contributed by atoms with E-state index in [4.69, 9.17) is 4.74 Å². The lowest BCUT2D eigenvalue weighted by Gasteiger charge is -2.12. The highest BCUT2D eigenvalue weighted by Crippen LogP contribution is 2.41. The van der Waals surface area contributed by atoms with Crippen LogP contribution in [-0.4, -0.2) is 31.9 Å².